The number of benzene rings is 3. The van der Waals surface area contributed by atoms with Crippen LogP contribution >= 0.6 is 12.4 Å². The highest BCUT2D eigenvalue weighted by molar-refractivity contribution is 5.94. The summed E-state index contributed by atoms with van der Waals surface area (Å²) in [5.41, 5.74) is 5.00. The zero-order chi connectivity index (χ0) is 23.2. The summed E-state index contributed by atoms with van der Waals surface area (Å²) < 4.78 is 5.91. The first-order chi connectivity index (χ1) is 16.6. The van der Waals surface area contributed by atoms with Crippen LogP contribution in [0.2, 0.25) is 0 Å². The van der Waals surface area contributed by atoms with Crippen LogP contribution in [0.4, 0.5) is 0 Å². The average Bonchev–Trinajstić information content (AvgIpc) is 3.08. The van der Waals surface area contributed by atoms with Crippen molar-refractivity contribution in [3.05, 3.63) is 106 Å². The largest absolute Gasteiger partial charge is 0.450 e. The average molecular weight is 490 g/mol. The number of aliphatic hydroxyl groups is 1. The fourth-order valence-corrected chi connectivity index (χ4v) is 6.38. The molecule has 1 aliphatic carbocycles. The molecule has 0 aromatic heterocycles. The van der Waals surface area contributed by atoms with E-state index in [0.29, 0.717) is 6.42 Å². The van der Waals surface area contributed by atoms with Crippen LogP contribution in [0.25, 0.3) is 0 Å². The van der Waals surface area contributed by atoms with Crippen molar-refractivity contribution < 1.29 is 14.6 Å². The van der Waals surface area contributed by atoms with Gasteiger partial charge in [-0.15, -0.1) is 12.4 Å². The third-order valence-corrected chi connectivity index (χ3v) is 8.19. The molecule has 1 spiro atoms. The number of hydrogen-bond acceptors (Lipinski definition) is 4. The van der Waals surface area contributed by atoms with Crippen LogP contribution in [0.3, 0.4) is 0 Å². The van der Waals surface area contributed by atoms with Gasteiger partial charge < -0.3 is 14.7 Å². The molecule has 0 amide bonds. The third-order valence-electron chi connectivity index (χ3n) is 8.19. The Labute approximate surface area is 213 Å². The van der Waals surface area contributed by atoms with Crippen LogP contribution in [0, 0.1) is 0 Å². The SMILES string of the molecule is Cl.O=C1OC2(CCN(CCCC3(O)c4ccccc4CCc4ccccc43)CC2)c2ccccc21. The van der Waals surface area contributed by atoms with Gasteiger partial charge in [0, 0.05) is 31.5 Å². The van der Waals surface area contributed by atoms with Crippen LogP contribution in [0.15, 0.2) is 72.8 Å². The number of carbonyl (C=O) groups excluding carboxylic acids is 1. The number of hydrogen-bond donors (Lipinski definition) is 1. The van der Waals surface area contributed by atoms with E-state index in [0.717, 1.165) is 74.0 Å². The maximum Gasteiger partial charge on any atom is 0.339 e. The number of esters is 1. The summed E-state index contributed by atoms with van der Waals surface area (Å²) in [6, 6.07) is 24.6. The number of ether oxygens (including phenoxy) is 1. The third kappa shape index (κ3) is 4.08. The molecule has 182 valence electrons. The molecule has 0 atom stereocenters. The molecule has 1 fully saturated rings. The van der Waals surface area contributed by atoms with Crippen molar-refractivity contribution in [3.8, 4) is 0 Å². The molecule has 3 aliphatic rings. The van der Waals surface area contributed by atoms with E-state index in [9.17, 15) is 9.90 Å². The van der Waals surface area contributed by atoms with Gasteiger partial charge in [0.05, 0.1) is 5.56 Å². The molecule has 0 radical (unpaired) electrons. The minimum atomic E-state index is -0.958. The Bertz CT molecular complexity index is 1180. The molecular formula is C30H32ClNO3. The number of fused-ring (bicyclic) bond motifs is 4. The first-order valence-electron chi connectivity index (χ1n) is 12.5. The summed E-state index contributed by atoms with van der Waals surface area (Å²) in [6.45, 7) is 2.72. The second kappa shape index (κ2) is 9.42. The van der Waals surface area contributed by atoms with Crippen molar-refractivity contribution in [2.75, 3.05) is 19.6 Å². The summed E-state index contributed by atoms with van der Waals surface area (Å²) in [5.74, 6) is -0.183. The number of halogens is 1. The van der Waals surface area contributed by atoms with E-state index < -0.39 is 11.2 Å². The Hall–Kier alpha value is -2.66. The molecule has 2 aliphatic heterocycles. The Kier molecular flexibility index (Phi) is 6.47. The van der Waals surface area contributed by atoms with Crippen LogP contribution in [-0.2, 0) is 28.8 Å². The lowest BCUT2D eigenvalue weighted by atomic mass is 9.80. The normalized spacial score (nSPS) is 19.6. The second-order valence-corrected chi connectivity index (χ2v) is 10.0. The van der Waals surface area contributed by atoms with Gasteiger partial charge in [0.2, 0.25) is 0 Å². The van der Waals surface area contributed by atoms with Gasteiger partial charge in [0.25, 0.3) is 0 Å². The zero-order valence-corrected chi connectivity index (χ0v) is 20.7. The highest BCUT2D eigenvalue weighted by atomic mass is 35.5. The number of nitrogens with zero attached hydrogens (tertiary/aromatic N) is 1. The second-order valence-electron chi connectivity index (χ2n) is 10.0. The molecule has 6 rings (SSSR count). The summed E-state index contributed by atoms with van der Waals surface area (Å²) in [7, 11) is 0. The number of rotatable bonds is 4. The molecule has 0 bridgehead atoms. The molecule has 5 heteroatoms. The molecule has 2 heterocycles. The number of aryl methyl sites for hydroxylation is 2. The Balaban J connectivity index is 0.00000253. The van der Waals surface area contributed by atoms with Crippen molar-refractivity contribution in [2.45, 2.75) is 49.7 Å². The fraction of sp³-hybridized carbons (Fsp3) is 0.367. The van der Waals surface area contributed by atoms with Crippen molar-refractivity contribution in [1.29, 1.82) is 0 Å². The lowest BCUT2D eigenvalue weighted by Crippen LogP contribution is -2.43. The minimum absolute atomic E-state index is 0. The van der Waals surface area contributed by atoms with E-state index in [1.807, 2.05) is 36.4 Å². The lowest BCUT2D eigenvalue weighted by molar-refractivity contribution is -0.0438. The Morgan fingerprint density at radius 1 is 0.800 bits per heavy atom. The van der Waals surface area contributed by atoms with Gasteiger partial charge in [-0.25, -0.2) is 4.79 Å². The predicted molar refractivity (Wildman–Crippen MR) is 139 cm³/mol. The molecule has 1 N–H and O–H groups in total. The quantitative estimate of drug-likeness (QED) is 0.499. The van der Waals surface area contributed by atoms with E-state index in [-0.39, 0.29) is 18.4 Å². The van der Waals surface area contributed by atoms with Gasteiger partial charge in [-0.1, -0.05) is 66.7 Å². The van der Waals surface area contributed by atoms with Gasteiger partial charge in [-0.3, -0.25) is 0 Å². The zero-order valence-electron chi connectivity index (χ0n) is 19.9. The highest BCUT2D eigenvalue weighted by Crippen LogP contribution is 2.44. The van der Waals surface area contributed by atoms with Crippen LogP contribution in [0.5, 0.6) is 0 Å². The topological polar surface area (TPSA) is 49.8 Å². The summed E-state index contributed by atoms with van der Waals surface area (Å²) in [4.78, 5) is 14.8. The van der Waals surface area contributed by atoms with Gasteiger partial charge in [0.1, 0.15) is 11.2 Å². The first-order valence-corrected chi connectivity index (χ1v) is 12.5. The van der Waals surface area contributed by atoms with Gasteiger partial charge in [0.15, 0.2) is 0 Å². The molecule has 3 aromatic carbocycles. The smallest absolute Gasteiger partial charge is 0.339 e. The molecule has 1 saturated heterocycles. The van der Waals surface area contributed by atoms with Crippen molar-refractivity contribution in [2.24, 2.45) is 0 Å². The van der Waals surface area contributed by atoms with Crippen molar-refractivity contribution in [3.63, 3.8) is 0 Å². The minimum Gasteiger partial charge on any atom is -0.450 e. The molecule has 0 unspecified atom stereocenters. The van der Waals surface area contributed by atoms with Gasteiger partial charge in [-0.05, 0) is 60.5 Å². The maximum absolute atomic E-state index is 12.4. The van der Waals surface area contributed by atoms with E-state index in [1.165, 1.54) is 11.1 Å². The molecule has 35 heavy (non-hydrogen) atoms. The Morgan fingerprint density at radius 2 is 1.34 bits per heavy atom. The molecule has 4 nitrogen and oxygen atoms in total. The standard InChI is InChI=1S/C30H31NO3.ClH/c32-28-24-10-3-6-13-27(24)29(34-28)17-20-31(21-18-29)19-7-16-30(33)25-11-4-1-8-22(25)14-15-23-9-2-5-12-26(23)30;/h1-6,8-13,33H,7,14-21H2;1H. The van der Waals surface area contributed by atoms with E-state index in [4.69, 9.17) is 4.74 Å². The highest BCUT2D eigenvalue weighted by Gasteiger charge is 2.47. The van der Waals surface area contributed by atoms with Crippen molar-refractivity contribution in [1.82, 2.24) is 4.90 Å². The number of likely N-dealkylation sites (tertiary alicyclic amines) is 1. The lowest BCUT2D eigenvalue weighted by Gasteiger charge is -2.39. The van der Waals surface area contributed by atoms with E-state index >= 15 is 0 Å². The summed E-state index contributed by atoms with van der Waals surface area (Å²) >= 11 is 0. The number of piperidine rings is 1. The Morgan fingerprint density at radius 3 is 1.97 bits per heavy atom. The summed E-state index contributed by atoms with van der Waals surface area (Å²) in [5, 5.41) is 12.1. The monoisotopic (exact) mass is 489 g/mol. The first kappa shape index (κ1) is 24.1. The predicted octanol–water partition coefficient (Wildman–Crippen LogP) is 5.38. The van der Waals surface area contributed by atoms with Gasteiger partial charge >= 0.3 is 5.97 Å². The molecular weight excluding hydrogens is 458 g/mol. The molecule has 3 aromatic rings. The maximum atomic E-state index is 12.4. The number of carbonyl (C=O) groups is 1. The van der Waals surface area contributed by atoms with Crippen molar-refractivity contribution >= 4 is 18.4 Å². The van der Waals surface area contributed by atoms with E-state index in [2.05, 4.69) is 41.3 Å². The summed E-state index contributed by atoms with van der Waals surface area (Å²) in [6.07, 6.45) is 5.17. The van der Waals surface area contributed by atoms with Crippen LogP contribution in [-0.4, -0.2) is 35.6 Å². The molecule has 0 saturated carbocycles. The van der Waals surface area contributed by atoms with Gasteiger partial charge in [-0.2, -0.15) is 0 Å². The fourth-order valence-electron chi connectivity index (χ4n) is 6.38. The van der Waals surface area contributed by atoms with Crippen LogP contribution < -0.4 is 0 Å². The van der Waals surface area contributed by atoms with E-state index in [1.54, 1.807) is 0 Å². The van der Waals surface area contributed by atoms with Crippen LogP contribution in [0.1, 0.15) is 63.9 Å².